The summed E-state index contributed by atoms with van der Waals surface area (Å²) in [5.41, 5.74) is 0.758. The first-order valence-corrected chi connectivity index (χ1v) is 8.32. The van der Waals surface area contributed by atoms with Crippen molar-refractivity contribution < 1.29 is 13.5 Å². The fourth-order valence-corrected chi connectivity index (χ4v) is 3.09. The van der Waals surface area contributed by atoms with E-state index in [1.165, 1.54) is 0 Å². The maximum atomic E-state index is 12.0. The van der Waals surface area contributed by atoms with E-state index in [1.54, 1.807) is 19.1 Å². The molecule has 1 aromatic rings. The molecule has 0 aromatic heterocycles. The molecule has 0 saturated heterocycles. The molecule has 1 rings (SSSR count). The van der Waals surface area contributed by atoms with Crippen LogP contribution >= 0.6 is 0 Å². The predicted octanol–water partition coefficient (Wildman–Crippen LogP) is 2.08. The van der Waals surface area contributed by atoms with Crippen LogP contribution < -0.4 is 4.90 Å². The van der Waals surface area contributed by atoms with Crippen molar-refractivity contribution >= 4 is 15.5 Å². The molecule has 19 heavy (non-hydrogen) atoms. The van der Waals surface area contributed by atoms with E-state index in [9.17, 15) is 8.42 Å². The number of anilines is 1. The Kier molecular flexibility index (Phi) is 6.31. The van der Waals surface area contributed by atoms with E-state index in [1.807, 2.05) is 24.1 Å². The van der Waals surface area contributed by atoms with Crippen molar-refractivity contribution in [3.05, 3.63) is 24.3 Å². The van der Waals surface area contributed by atoms with Crippen molar-refractivity contribution in [2.75, 3.05) is 30.9 Å². The van der Waals surface area contributed by atoms with Gasteiger partial charge in [0.2, 0.25) is 0 Å². The van der Waals surface area contributed by atoms with Gasteiger partial charge in [-0.15, -0.1) is 0 Å². The third kappa shape index (κ3) is 4.51. The lowest BCUT2D eigenvalue weighted by atomic mass is 10.2. The van der Waals surface area contributed by atoms with Crippen LogP contribution in [0.5, 0.6) is 0 Å². The van der Waals surface area contributed by atoms with Gasteiger partial charge in [-0.25, -0.2) is 8.42 Å². The molecule has 0 amide bonds. The zero-order chi connectivity index (χ0) is 14.3. The molecule has 0 spiro atoms. The minimum absolute atomic E-state index is 0.113. The Bertz CT molecular complexity index is 485. The normalized spacial score (nSPS) is 11.5. The minimum Gasteiger partial charge on any atom is -0.396 e. The fraction of sp³-hybridized carbons (Fsp3) is 0.571. The topological polar surface area (TPSA) is 57.6 Å². The summed E-state index contributed by atoms with van der Waals surface area (Å²) < 4.78 is 24.1. The van der Waals surface area contributed by atoms with E-state index in [4.69, 9.17) is 5.11 Å². The number of nitrogens with zero attached hydrogens (tertiary/aromatic N) is 1. The average molecular weight is 285 g/mol. The lowest BCUT2D eigenvalue weighted by Gasteiger charge is -2.22. The molecular weight excluding hydrogens is 262 g/mol. The van der Waals surface area contributed by atoms with Gasteiger partial charge in [-0.05, 0) is 31.4 Å². The molecule has 108 valence electrons. The van der Waals surface area contributed by atoms with E-state index < -0.39 is 9.84 Å². The summed E-state index contributed by atoms with van der Waals surface area (Å²) in [5.74, 6) is 0.113. The van der Waals surface area contributed by atoms with Gasteiger partial charge in [0.05, 0.1) is 16.3 Å². The highest BCUT2D eigenvalue weighted by Gasteiger charge is 2.17. The molecule has 0 unspecified atom stereocenters. The summed E-state index contributed by atoms with van der Waals surface area (Å²) in [7, 11) is -1.29. The van der Waals surface area contributed by atoms with E-state index >= 15 is 0 Å². The molecular formula is C14H23NO3S. The fourth-order valence-electron chi connectivity index (χ4n) is 1.95. The summed E-state index contributed by atoms with van der Waals surface area (Å²) in [6.45, 7) is 2.66. The van der Waals surface area contributed by atoms with Gasteiger partial charge in [-0.3, -0.25) is 0 Å². The van der Waals surface area contributed by atoms with Crippen molar-refractivity contribution in [1.82, 2.24) is 0 Å². The number of hydrogen-bond donors (Lipinski definition) is 1. The zero-order valence-corrected chi connectivity index (χ0v) is 12.5. The number of unbranched alkanes of at least 4 members (excludes halogenated alkanes) is 2. The highest BCUT2D eigenvalue weighted by molar-refractivity contribution is 7.91. The van der Waals surface area contributed by atoms with Gasteiger partial charge in [0, 0.05) is 20.2 Å². The quantitative estimate of drug-likeness (QED) is 0.743. The summed E-state index contributed by atoms with van der Waals surface area (Å²) in [5, 5.41) is 8.74. The van der Waals surface area contributed by atoms with Crippen molar-refractivity contribution in [3.8, 4) is 0 Å². The monoisotopic (exact) mass is 285 g/mol. The minimum atomic E-state index is -3.19. The van der Waals surface area contributed by atoms with Gasteiger partial charge in [0.15, 0.2) is 9.84 Å². The molecule has 0 aliphatic heterocycles. The molecule has 0 fully saturated rings. The van der Waals surface area contributed by atoms with Crippen LogP contribution in [-0.2, 0) is 9.84 Å². The van der Waals surface area contributed by atoms with Gasteiger partial charge < -0.3 is 10.0 Å². The molecule has 0 saturated carbocycles. The Hall–Kier alpha value is -1.07. The maximum Gasteiger partial charge on any atom is 0.180 e. The zero-order valence-electron chi connectivity index (χ0n) is 11.7. The van der Waals surface area contributed by atoms with Crippen LogP contribution in [0.2, 0.25) is 0 Å². The number of sulfone groups is 1. The Labute approximate surface area is 116 Å². The predicted molar refractivity (Wildman–Crippen MR) is 78.4 cm³/mol. The molecule has 0 heterocycles. The molecule has 0 aliphatic carbocycles. The lowest BCUT2D eigenvalue weighted by Crippen LogP contribution is -2.21. The number of hydrogen-bond acceptors (Lipinski definition) is 4. The first kappa shape index (κ1) is 16.0. The highest BCUT2D eigenvalue weighted by Crippen LogP contribution is 2.25. The first-order chi connectivity index (χ1) is 9.03. The summed E-state index contributed by atoms with van der Waals surface area (Å²) in [4.78, 5) is 2.38. The SMILES string of the molecule is CCS(=O)(=O)c1ccccc1N(C)CCCCCO. The number of para-hydroxylation sites is 1. The Morgan fingerprint density at radius 2 is 1.84 bits per heavy atom. The van der Waals surface area contributed by atoms with E-state index in [2.05, 4.69) is 0 Å². The van der Waals surface area contributed by atoms with Crippen LogP contribution in [-0.4, -0.2) is 39.5 Å². The number of aliphatic hydroxyl groups is 1. The molecule has 0 aliphatic rings. The average Bonchev–Trinajstić information content (AvgIpc) is 2.43. The smallest absolute Gasteiger partial charge is 0.180 e. The number of benzene rings is 1. The molecule has 0 radical (unpaired) electrons. The number of aliphatic hydroxyl groups excluding tert-OH is 1. The summed E-state index contributed by atoms with van der Waals surface area (Å²) in [6, 6.07) is 7.12. The van der Waals surface area contributed by atoms with Crippen molar-refractivity contribution in [2.24, 2.45) is 0 Å². The van der Waals surface area contributed by atoms with Crippen LogP contribution in [0.1, 0.15) is 26.2 Å². The second kappa shape index (κ2) is 7.50. The van der Waals surface area contributed by atoms with Crippen molar-refractivity contribution in [3.63, 3.8) is 0 Å². The van der Waals surface area contributed by atoms with Crippen molar-refractivity contribution in [2.45, 2.75) is 31.1 Å². The molecule has 1 aromatic carbocycles. The van der Waals surface area contributed by atoms with Crippen LogP contribution in [0, 0.1) is 0 Å². The summed E-state index contributed by atoms with van der Waals surface area (Å²) in [6.07, 6.45) is 2.68. The third-order valence-corrected chi connectivity index (χ3v) is 4.92. The maximum absolute atomic E-state index is 12.0. The van der Waals surface area contributed by atoms with Gasteiger partial charge in [0.1, 0.15) is 0 Å². The van der Waals surface area contributed by atoms with Gasteiger partial charge in [0.25, 0.3) is 0 Å². The Morgan fingerprint density at radius 1 is 1.16 bits per heavy atom. The van der Waals surface area contributed by atoms with Gasteiger partial charge in [-0.2, -0.15) is 0 Å². The van der Waals surface area contributed by atoms with Gasteiger partial charge in [-0.1, -0.05) is 19.1 Å². The standard InChI is InChI=1S/C14H23NO3S/c1-3-19(17,18)14-10-6-5-9-13(14)15(2)11-7-4-8-12-16/h5-6,9-10,16H,3-4,7-8,11-12H2,1-2H3. The van der Waals surface area contributed by atoms with E-state index in [0.717, 1.165) is 31.5 Å². The Morgan fingerprint density at radius 3 is 2.47 bits per heavy atom. The van der Waals surface area contributed by atoms with Crippen LogP contribution in [0.3, 0.4) is 0 Å². The van der Waals surface area contributed by atoms with E-state index in [0.29, 0.717) is 4.90 Å². The largest absolute Gasteiger partial charge is 0.396 e. The lowest BCUT2D eigenvalue weighted by molar-refractivity contribution is 0.283. The molecule has 0 atom stereocenters. The third-order valence-electron chi connectivity index (χ3n) is 3.14. The second-order valence-corrected chi connectivity index (χ2v) is 6.82. The van der Waals surface area contributed by atoms with Crippen molar-refractivity contribution in [1.29, 1.82) is 0 Å². The second-order valence-electron chi connectivity index (χ2n) is 4.58. The summed E-state index contributed by atoms with van der Waals surface area (Å²) >= 11 is 0. The van der Waals surface area contributed by atoms with Crippen LogP contribution in [0.25, 0.3) is 0 Å². The molecule has 4 nitrogen and oxygen atoms in total. The van der Waals surface area contributed by atoms with Crippen LogP contribution in [0.4, 0.5) is 5.69 Å². The number of rotatable bonds is 8. The molecule has 0 bridgehead atoms. The van der Waals surface area contributed by atoms with E-state index in [-0.39, 0.29) is 12.4 Å². The molecule has 1 N–H and O–H groups in total. The highest BCUT2D eigenvalue weighted by atomic mass is 32.2. The molecule has 5 heteroatoms. The first-order valence-electron chi connectivity index (χ1n) is 6.66. The van der Waals surface area contributed by atoms with Gasteiger partial charge >= 0.3 is 0 Å². The van der Waals surface area contributed by atoms with Crippen LogP contribution in [0.15, 0.2) is 29.2 Å². The Balaban J connectivity index is 2.83.